The third-order valence-corrected chi connectivity index (χ3v) is 2.47. The van der Waals surface area contributed by atoms with E-state index in [4.69, 9.17) is 5.26 Å². The number of nitro benzene ring substituents is 1. The smallest absolute Gasteiger partial charge is 0.258 e. The lowest BCUT2D eigenvalue weighted by Crippen LogP contribution is -1.96. The molecule has 0 fully saturated rings. The Morgan fingerprint density at radius 3 is 2.69 bits per heavy atom. The molecule has 0 atom stereocenters. The Bertz CT molecular complexity index is 414. The van der Waals surface area contributed by atoms with Crippen molar-refractivity contribution in [1.29, 1.82) is 5.26 Å². The summed E-state index contributed by atoms with van der Waals surface area (Å²) >= 11 is 1.58. The molecule has 66 valence electrons. The normalized spacial score (nSPS) is 9.31. The molecule has 1 rings (SSSR count). The minimum absolute atomic E-state index is 0.0325. The van der Waals surface area contributed by atoms with Crippen LogP contribution in [0.25, 0.3) is 0 Å². The van der Waals surface area contributed by atoms with Gasteiger partial charge in [-0.2, -0.15) is 5.26 Å². The van der Waals surface area contributed by atoms with Gasteiger partial charge in [-0.1, -0.05) is 0 Å². The van der Waals surface area contributed by atoms with Gasteiger partial charge in [-0.15, -0.1) is 0 Å². The standard InChI is InChI=1S/C7H2FIN2O2/c8-5-1-2-6(11(12)13)7(9)4(5)3-10/h1-2H. The molecule has 0 aliphatic heterocycles. The van der Waals surface area contributed by atoms with E-state index in [0.29, 0.717) is 0 Å². The Balaban J connectivity index is 3.47. The SMILES string of the molecule is N#Cc1c(F)ccc([N+](=O)[O-])c1I. The third kappa shape index (κ3) is 1.75. The molecule has 0 amide bonds. The van der Waals surface area contributed by atoms with Crippen molar-refractivity contribution in [3.63, 3.8) is 0 Å². The average Bonchev–Trinajstić information content (AvgIpc) is 2.04. The summed E-state index contributed by atoms with van der Waals surface area (Å²) in [5, 5.41) is 18.9. The maximum atomic E-state index is 12.8. The fraction of sp³-hybridized carbons (Fsp3) is 0. The van der Waals surface area contributed by atoms with Crippen molar-refractivity contribution in [2.24, 2.45) is 0 Å². The maximum absolute atomic E-state index is 12.8. The fourth-order valence-electron chi connectivity index (χ4n) is 0.785. The van der Waals surface area contributed by atoms with Crippen molar-refractivity contribution < 1.29 is 9.31 Å². The molecule has 0 saturated carbocycles. The zero-order chi connectivity index (χ0) is 10.0. The number of nitrogens with zero attached hydrogens (tertiary/aromatic N) is 2. The topological polar surface area (TPSA) is 66.9 Å². The van der Waals surface area contributed by atoms with Crippen LogP contribution in [0, 0.1) is 30.8 Å². The van der Waals surface area contributed by atoms with Crippen molar-refractivity contribution in [1.82, 2.24) is 0 Å². The van der Waals surface area contributed by atoms with Crippen molar-refractivity contribution in [2.75, 3.05) is 0 Å². The van der Waals surface area contributed by atoms with Crippen LogP contribution in [0.4, 0.5) is 10.1 Å². The molecular weight excluding hydrogens is 290 g/mol. The van der Waals surface area contributed by atoms with Crippen LogP contribution in [0.5, 0.6) is 0 Å². The minimum Gasteiger partial charge on any atom is -0.258 e. The van der Waals surface area contributed by atoms with Crippen LogP contribution < -0.4 is 0 Å². The van der Waals surface area contributed by atoms with Gasteiger partial charge in [-0.05, 0) is 28.7 Å². The molecule has 0 aliphatic rings. The van der Waals surface area contributed by atoms with Crippen LogP contribution in [0.15, 0.2) is 12.1 Å². The summed E-state index contributed by atoms with van der Waals surface area (Å²) in [5.74, 6) is -0.738. The van der Waals surface area contributed by atoms with Gasteiger partial charge in [-0.25, -0.2) is 4.39 Å². The van der Waals surface area contributed by atoms with Gasteiger partial charge < -0.3 is 0 Å². The Kier molecular flexibility index (Phi) is 2.77. The van der Waals surface area contributed by atoms with Crippen molar-refractivity contribution in [2.45, 2.75) is 0 Å². The second-order valence-corrected chi connectivity index (χ2v) is 3.20. The van der Waals surface area contributed by atoms with Gasteiger partial charge in [0.15, 0.2) is 0 Å². The monoisotopic (exact) mass is 292 g/mol. The number of hydrogen-bond donors (Lipinski definition) is 0. The highest BCUT2D eigenvalue weighted by molar-refractivity contribution is 14.1. The molecule has 0 aromatic heterocycles. The molecule has 0 aliphatic carbocycles. The zero-order valence-electron chi connectivity index (χ0n) is 6.12. The molecule has 1 aromatic rings. The highest BCUT2D eigenvalue weighted by atomic mass is 127. The molecule has 4 nitrogen and oxygen atoms in total. The van der Waals surface area contributed by atoms with Crippen LogP contribution in [-0.2, 0) is 0 Å². The number of nitriles is 1. The van der Waals surface area contributed by atoms with Crippen LogP contribution in [-0.4, -0.2) is 4.92 Å². The van der Waals surface area contributed by atoms with Crippen LogP contribution in [0.2, 0.25) is 0 Å². The summed E-state index contributed by atoms with van der Waals surface area (Å²) in [7, 11) is 0. The van der Waals surface area contributed by atoms with Gasteiger partial charge in [0.25, 0.3) is 5.69 Å². The second kappa shape index (κ2) is 3.66. The van der Waals surface area contributed by atoms with E-state index in [-0.39, 0.29) is 14.8 Å². The fourth-order valence-corrected chi connectivity index (χ4v) is 1.54. The Morgan fingerprint density at radius 2 is 2.23 bits per heavy atom. The highest BCUT2D eigenvalue weighted by Crippen LogP contribution is 2.25. The molecule has 0 radical (unpaired) electrons. The Labute approximate surface area is 86.3 Å². The van der Waals surface area contributed by atoms with Gasteiger partial charge in [0.2, 0.25) is 0 Å². The predicted octanol–water partition coefficient (Wildman–Crippen LogP) is 2.21. The van der Waals surface area contributed by atoms with Crippen molar-refractivity contribution in [3.05, 3.63) is 37.2 Å². The number of hydrogen-bond acceptors (Lipinski definition) is 3. The van der Waals surface area contributed by atoms with Gasteiger partial charge in [0.05, 0.1) is 4.92 Å². The summed E-state index contributed by atoms with van der Waals surface area (Å²) in [6.45, 7) is 0. The molecule has 1 aromatic carbocycles. The van der Waals surface area contributed by atoms with Crippen LogP contribution >= 0.6 is 22.6 Å². The molecule has 13 heavy (non-hydrogen) atoms. The molecule has 0 unspecified atom stereocenters. The predicted molar refractivity (Wildman–Crippen MR) is 50.5 cm³/mol. The molecule has 0 N–H and O–H groups in total. The number of nitro groups is 1. The number of halogens is 2. The quantitative estimate of drug-likeness (QED) is 0.453. The summed E-state index contributed by atoms with van der Waals surface area (Å²) in [6.07, 6.45) is 0. The first-order valence-electron chi connectivity index (χ1n) is 3.10. The average molecular weight is 292 g/mol. The lowest BCUT2D eigenvalue weighted by Gasteiger charge is -1.97. The lowest BCUT2D eigenvalue weighted by atomic mass is 10.2. The van der Waals surface area contributed by atoms with E-state index in [1.54, 1.807) is 28.7 Å². The Hall–Kier alpha value is -1.23. The van der Waals surface area contributed by atoms with E-state index in [2.05, 4.69) is 0 Å². The van der Waals surface area contributed by atoms with Crippen LogP contribution in [0.1, 0.15) is 5.56 Å². The van der Waals surface area contributed by atoms with E-state index in [0.717, 1.165) is 12.1 Å². The second-order valence-electron chi connectivity index (χ2n) is 2.12. The van der Waals surface area contributed by atoms with E-state index in [1.807, 2.05) is 0 Å². The van der Waals surface area contributed by atoms with E-state index in [1.165, 1.54) is 0 Å². The van der Waals surface area contributed by atoms with Gasteiger partial charge in [-0.3, -0.25) is 10.1 Å². The maximum Gasteiger partial charge on any atom is 0.284 e. The van der Waals surface area contributed by atoms with E-state index < -0.39 is 10.7 Å². The highest BCUT2D eigenvalue weighted by Gasteiger charge is 2.18. The van der Waals surface area contributed by atoms with Crippen molar-refractivity contribution in [3.8, 4) is 6.07 Å². The first-order valence-corrected chi connectivity index (χ1v) is 4.18. The molecule has 0 bridgehead atoms. The molecule has 0 saturated heterocycles. The molecule has 6 heteroatoms. The van der Waals surface area contributed by atoms with Crippen LogP contribution in [0.3, 0.4) is 0 Å². The minimum atomic E-state index is -0.738. The zero-order valence-corrected chi connectivity index (χ0v) is 8.28. The van der Waals surface area contributed by atoms with Gasteiger partial charge >= 0.3 is 0 Å². The summed E-state index contributed by atoms with van der Waals surface area (Å²) < 4.78 is 12.9. The molecule has 0 spiro atoms. The van der Waals surface area contributed by atoms with Gasteiger partial charge in [0, 0.05) is 6.07 Å². The summed E-state index contributed by atoms with van der Waals surface area (Å²) in [5.41, 5.74) is -0.534. The number of rotatable bonds is 1. The summed E-state index contributed by atoms with van der Waals surface area (Å²) in [6, 6.07) is 3.53. The Morgan fingerprint density at radius 1 is 1.62 bits per heavy atom. The van der Waals surface area contributed by atoms with E-state index >= 15 is 0 Å². The largest absolute Gasteiger partial charge is 0.284 e. The first-order chi connectivity index (χ1) is 6.07. The number of benzene rings is 1. The van der Waals surface area contributed by atoms with Crippen molar-refractivity contribution >= 4 is 28.3 Å². The first kappa shape index (κ1) is 9.85. The summed E-state index contributed by atoms with van der Waals surface area (Å²) in [4.78, 5) is 9.72. The molecule has 0 heterocycles. The molecular formula is C7H2FIN2O2. The van der Waals surface area contributed by atoms with Gasteiger partial charge in [0.1, 0.15) is 21.0 Å². The third-order valence-electron chi connectivity index (χ3n) is 1.38. The lowest BCUT2D eigenvalue weighted by molar-refractivity contribution is -0.385. The van der Waals surface area contributed by atoms with E-state index in [9.17, 15) is 14.5 Å².